The van der Waals surface area contributed by atoms with Gasteiger partial charge in [-0.05, 0) is 36.6 Å². The van der Waals surface area contributed by atoms with Crippen LogP contribution in [0.5, 0.6) is 0 Å². The number of hydrogen-bond acceptors (Lipinski definition) is 5. The second-order valence-corrected chi connectivity index (χ2v) is 5.93. The molecule has 0 aliphatic heterocycles. The van der Waals surface area contributed by atoms with E-state index in [9.17, 15) is 14.7 Å². The van der Waals surface area contributed by atoms with Gasteiger partial charge in [0, 0.05) is 19.1 Å². The van der Waals surface area contributed by atoms with Crippen molar-refractivity contribution >= 4 is 23.7 Å². The van der Waals surface area contributed by atoms with Gasteiger partial charge < -0.3 is 9.84 Å². The molecule has 0 radical (unpaired) electrons. The second-order valence-electron chi connectivity index (χ2n) is 5.93. The summed E-state index contributed by atoms with van der Waals surface area (Å²) in [5, 5.41) is 9.74. The Hall–Kier alpha value is -2.43. The zero-order valence-electron chi connectivity index (χ0n) is 13.4. The van der Waals surface area contributed by atoms with Crippen LogP contribution in [0.15, 0.2) is 40.6 Å². The molecule has 1 aromatic rings. The van der Waals surface area contributed by atoms with E-state index in [1.165, 1.54) is 6.21 Å². The van der Waals surface area contributed by atoms with Crippen molar-refractivity contribution in [3.8, 4) is 0 Å². The molecule has 5 nitrogen and oxygen atoms in total. The topological polar surface area (TPSA) is 76.0 Å². The van der Waals surface area contributed by atoms with Gasteiger partial charge in [0.05, 0.1) is 23.4 Å². The molecule has 1 aliphatic rings. The van der Waals surface area contributed by atoms with Crippen molar-refractivity contribution in [2.45, 2.75) is 33.1 Å². The molecule has 0 heterocycles. The molecule has 0 unspecified atom stereocenters. The Kier molecular flexibility index (Phi) is 5.68. The van der Waals surface area contributed by atoms with Crippen molar-refractivity contribution in [1.29, 1.82) is 0 Å². The molecule has 23 heavy (non-hydrogen) atoms. The molecule has 0 saturated carbocycles. The van der Waals surface area contributed by atoms with E-state index in [-0.39, 0.29) is 29.0 Å². The fourth-order valence-electron chi connectivity index (χ4n) is 2.14. The predicted molar refractivity (Wildman–Crippen MR) is 88.2 cm³/mol. The first-order valence-corrected chi connectivity index (χ1v) is 7.74. The van der Waals surface area contributed by atoms with Crippen LogP contribution in [0.25, 0.3) is 0 Å². The van der Waals surface area contributed by atoms with Crippen LogP contribution in [0, 0.1) is 5.92 Å². The lowest BCUT2D eigenvalue weighted by atomic mass is 9.97. The fourth-order valence-corrected chi connectivity index (χ4v) is 2.14. The van der Waals surface area contributed by atoms with Gasteiger partial charge >= 0.3 is 5.97 Å². The third kappa shape index (κ3) is 4.77. The number of allylic oxidation sites excluding steroid dienone is 2. The van der Waals surface area contributed by atoms with Gasteiger partial charge in [-0.25, -0.2) is 4.79 Å². The van der Waals surface area contributed by atoms with Crippen LogP contribution in [0.1, 0.15) is 43.5 Å². The zero-order chi connectivity index (χ0) is 16.8. The number of esters is 1. The molecule has 0 spiro atoms. The maximum Gasteiger partial charge on any atom is 0.338 e. The SMILES string of the molecule is CC(C)COC(=O)c1ccc(N=CC2=C(O)CCCC2=O)cc1. The Morgan fingerprint density at radius 3 is 2.61 bits per heavy atom. The minimum absolute atomic E-state index is 0.0913. The zero-order valence-corrected chi connectivity index (χ0v) is 13.4. The summed E-state index contributed by atoms with van der Waals surface area (Å²) in [6.45, 7) is 4.33. The number of hydrogen-bond donors (Lipinski definition) is 1. The summed E-state index contributed by atoms with van der Waals surface area (Å²) in [4.78, 5) is 27.7. The largest absolute Gasteiger partial charge is 0.512 e. The van der Waals surface area contributed by atoms with Crippen LogP contribution in [-0.4, -0.2) is 29.7 Å². The minimum Gasteiger partial charge on any atom is -0.512 e. The molecule has 2 rings (SSSR count). The van der Waals surface area contributed by atoms with E-state index in [1.54, 1.807) is 24.3 Å². The number of aliphatic hydroxyl groups is 1. The summed E-state index contributed by atoms with van der Waals surface area (Å²) in [5.74, 6) is -0.0703. The number of carbonyl (C=O) groups excluding carboxylic acids is 2. The Bertz CT molecular complexity index is 641. The average Bonchev–Trinajstić information content (AvgIpc) is 2.52. The van der Waals surface area contributed by atoms with E-state index in [0.29, 0.717) is 37.1 Å². The number of ketones is 1. The maximum atomic E-state index is 11.8. The Balaban J connectivity index is 2.04. The van der Waals surface area contributed by atoms with Gasteiger partial charge in [0.15, 0.2) is 5.78 Å². The van der Waals surface area contributed by atoms with E-state index in [2.05, 4.69) is 4.99 Å². The monoisotopic (exact) mass is 315 g/mol. The molecule has 0 bridgehead atoms. The molecule has 1 N–H and O–H groups in total. The van der Waals surface area contributed by atoms with Crippen molar-refractivity contribution in [3.63, 3.8) is 0 Å². The third-order valence-corrected chi connectivity index (χ3v) is 3.42. The summed E-state index contributed by atoms with van der Waals surface area (Å²) in [6.07, 6.45) is 3.01. The van der Waals surface area contributed by atoms with Gasteiger partial charge in [0.25, 0.3) is 0 Å². The summed E-state index contributed by atoms with van der Waals surface area (Å²) >= 11 is 0. The van der Waals surface area contributed by atoms with E-state index < -0.39 is 0 Å². The van der Waals surface area contributed by atoms with Crippen LogP contribution >= 0.6 is 0 Å². The van der Waals surface area contributed by atoms with Crippen molar-refractivity contribution < 1.29 is 19.4 Å². The van der Waals surface area contributed by atoms with E-state index >= 15 is 0 Å². The van der Waals surface area contributed by atoms with Gasteiger partial charge in [0.1, 0.15) is 5.76 Å². The van der Waals surface area contributed by atoms with Crippen LogP contribution in [0.3, 0.4) is 0 Å². The molecule has 0 fully saturated rings. The normalized spacial score (nSPS) is 15.5. The summed E-state index contributed by atoms with van der Waals surface area (Å²) < 4.78 is 5.15. The second kappa shape index (κ2) is 7.72. The highest BCUT2D eigenvalue weighted by Crippen LogP contribution is 2.20. The van der Waals surface area contributed by atoms with Crippen LogP contribution in [-0.2, 0) is 9.53 Å². The Morgan fingerprint density at radius 1 is 1.30 bits per heavy atom. The van der Waals surface area contributed by atoms with Gasteiger partial charge in [-0.3, -0.25) is 9.79 Å². The third-order valence-electron chi connectivity index (χ3n) is 3.42. The highest BCUT2D eigenvalue weighted by atomic mass is 16.5. The number of aliphatic imine (C=N–C) groups is 1. The van der Waals surface area contributed by atoms with Crippen molar-refractivity contribution in [2.24, 2.45) is 10.9 Å². The van der Waals surface area contributed by atoms with Crippen molar-refractivity contribution in [2.75, 3.05) is 6.61 Å². The van der Waals surface area contributed by atoms with Gasteiger partial charge in [-0.1, -0.05) is 13.8 Å². The number of carbonyl (C=O) groups is 2. The highest BCUT2D eigenvalue weighted by molar-refractivity contribution is 6.14. The molecule has 0 saturated heterocycles. The average molecular weight is 315 g/mol. The fraction of sp³-hybridized carbons (Fsp3) is 0.389. The molecule has 5 heteroatoms. The standard InChI is InChI=1S/C18H21NO4/c1-12(2)11-23-18(22)13-6-8-14(9-7-13)19-10-15-16(20)4-3-5-17(15)21/h6-10,12,20H,3-5,11H2,1-2H3. The Morgan fingerprint density at radius 2 is 2.00 bits per heavy atom. The molecular formula is C18H21NO4. The lowest BCUT2D eigenvalue weighted by Gasteiger charge is -2.11. The lowest BCUT2D eigenvalue weighted by molar-refractivity contribution is -0.115. The number of Topliss-reactive ketones (excluding diaryl/α,β-unsaturated/α-hetero) is 1. The van der Waals surface area contributed by atoms with Crippen molar-refractivity contribution in [3.05, 3.63) is 41.2 Å². The van der Waals surface area contributed by atoms with Gasteiger partial charge in [0.2, 0.25) is 0 Å². The van der Waals surface area contributed by atoms with E-state index in [4.69, 9.17) is 4.74 Å². The summed E-state index contributed by atoms with van der Waals surface area (Å²) in [5.41, 5.74) is 1.33. The highest BCUT2D eigenvalue weighted by Gasteiger charge is 2.18. The molecule has 1 aromatic carbocycles. The van der Waals surface area contributed by atoms with Crippen LogP contribution in [0.4, 0.5) is 5.69 Å². The number of ether oxygens (including phenoxy) is 1. The lowest BCUT2D eigenvalue weighted by Crippen LogP contribution is -2.12. The summed E-state index contributed by atoms with van der Waals surface area (Å²) in [7, 11) is 0. The first-order chi connectivity index (χ1) is 11.0. The first-order valence-electron chi connectivity index (χ1n) is 7.74. The Labute approximate surface area is 135 Å². The predicted octanol–water partition coefficient (Wildman–Crippen LogP) is 3.77. The molecule has 0 atom stereocenters. The minimum atomic E-state index is -0.364. The van der Waals surface area contributed by atoms with Crippen LogP contribution in [0.2, 0.25) is 0 Å². The molecule has 0 aromatic heterocycles. The quantitative estimate of drug-likeness (QED) is 0.663. The van der Waals surface area contributed by atoms with Crippen LogP contribution < -0.4 is 0 Å². The molecule has 122 valence electrons. The van der Waals surface area contributed by atoms with Gasteiger partial charge in [-0.15, -0.1) is 0 Å². The maximum absolute atomic E-state index is 11.8. The van der Waals surface area contributed by atoms with Crippen molar-refractivity contribution in [1.82, 2.24) is 0 Å². The number of benzene rings is 1. The molecular weight excluding hydrogens is 294 g/mol. The smallest absolute Gasteiger partial charge is 0.338 e. The molecule has 0 amide bonds. The van der Waals surface area contributed by atoms with Gasteiger partial charge in [-0.2, -0.15) is 0 Å². The number of nitrogens with zero attached hydrogens (tertiary/aromatic N) is 1. The van der Waals surface area contributed by atoms with E-state index in [0.717, 1.165) is 0 Å². The number of aliphatic hydroxyl groups excluding tert-OH is 1. The summed E-state index contributed by atoms with van der Waals surface area (Å²) in [6, 6.07) is 6.61. The molecule has 1 aliphatic carbocycles. The first kappa shape index (κ1) is 16.9. The number of rotatable bonds is 5. The van der Waals surface area contributed by atoms with E-state index in [1.807, 2.05) is 13.8 Å².